The second kappa shape index (κ2) is 8.12. The van der Waals surface area contributed by atoms with Gasteiger partial charge in [-0.2, -0.15) is 0 Å². The quantitative estimate of drug-likeness (QED) is 0.767. The van der Waals surface area contributed by atoms with Crippen LogP contribution in [0.3, 0.4) is 0 Å². The average molecular weight is 402 g/mol. The Balaban J connectivity index is 1.51. The zero-order chi connectivity index (χ0) is 20.5. The second-order valence-corrected chi connectivity index (χ2v) is 7.92. The Kier molecular flexibility index (Phi) is 5.56. The van der Waals surface area contributed by atoms with Gasteiger partial charge >= 0.3 is 0 Å². The van der Waals surface area contributed by atoms with Crippen LogP contribution in [0.5, 0.6) is 5.75 Å². The molecule has 7 nitrogen and oxygen atoms in total. The highest BCUT2D eigenvalue weighted by Crippen LogP contribution is 2.37. The number of hydrogen-bond donors (Lipinski definition) is 0. The first-order valence-electron chi connectivity index (χ1n) is 9.89. The molecule has 2 aliphatic rings. The van der Waals surface area contributed by atoms with Crippen LogP contribution in [-0.4, -0.2) is 78.3 Å². The van der Waals surface area contributed by atoms with Crippen molar-refractivity contribution in [1.82, 2.24) is 19.4 Å². The SMILES string of the molecule is COc1c(F)cccc1-c1nccn1[C@@H]1C[C@H]2CO[C@@H](CC(=O)N(C)C)CN2C1. The van der Waals surface area contributed by atoms with Crippen molar-refractivity contribution in [3.63, 3.8) is 0 Å². The lowest BCUT2D eigenvalue weighted by Gasteiger charge is -2.35. The number of methoxy groups -OCH3 is 1. The molecule has 1 aromatic heterocycles. The number of aromatic nitrogens is 2. The zero-order valence-corrected chi connectivity index (χ0v) is 17.0. The third-order valence-corrected chi connectivity index (χ3v) is 5.84. The molecule has 2 aromatic rings. The number of rotatable bonds is 5. The highest BCUT2D eigenvalue weighted by molar-refractivity contribution is 5.76. The molecule has 1 amide bonds. The van der Waals surface area contributed by atoms with Crippen molar-refractivity contribution in [1.29, 1.82) is 0 Å². The van der Waals surface area contributed by atoms with Crippen LogP contribution >= 0.6 is 0 Å². The van der Waals surface area contributed by atoms with E-state index in [1.165, 1.54) is 13.2 Å². The number of hydrogen-bond acceptors (Lipinski definition) is 5. The van der Waals surface area contributed by atoms with Crippen molar-refractivity contribution < 1.29 is 18.7 Å². The molecule has 3 atom stereocenters. The van der Waals surface area contributed by atoms with Crippen LogP contribution in [0.15, 0.2) is 30.6 Å². The number of morpholine rings is 1. The van der Waals surface area contributed by atoms with E-state index in [0.717, 1.165) is 19.5 Å². The summed E-state index contributed by atoms with van der Waals surface area (Å²) < 4.78 is 27.5. The standard InChI is InChI=1S/C21H27FN4O3/c1-24(2)19(27)10-16-12-25-11-14(9-15(25)13-29-16)26-8-7-23-21(26)17-5-4-6-18(22)20(17)28-3/h4-8,14-16H,9-13H2,1-3H3/t14-,15+,16+/m1/s1. The van der Waals surface area contributed by atoms with E-state index in [9.17, 15) is 9.18 Å². The van der Waals surface area contributed by atoms with Crippen molar-refractivity contribution in [2.24, 2.45) is 0 Å². The third kappa shape index (κ3) is 3.86. The van der Waals surface area contributed by atoms with E-state index in [1.807, 2.05) is 12.3 Å². The number of amides is 1. The summed E-state index contributed by atoms with van der Waals surface area (Å²) >= 11 is 0. The fraction of sp³-hybridized carbons (Fsp3) is 0.524. The summed E-state index contributed by atoms with van der Waals surface area (Å²) in [6.45, 7) is 2.21. The van der Waals surface area contributed by atoms with Crippen molar-refractivity contribution in [3.05, 3.63) is 36.4 Å². The van der Waals surface area contributed by atoms with Gasteiger partial charge in [0, 0.05) is 51.7 Å². The second-order valence-electron chi connectivity index (χ2n) is 7.92. The molecule has 0 N–H and O–H groups in total. The number of carbonyl (C=O) groups is 1. The maximum Gasteiger partial charge on any atom is 0.224 e. The Morgan fingerprint density at radius 2 is 2.17 bits per heavy atom. The van der Waals surface area contributed by atoms with E-state index >= 15 is 0 Å². The highest BCUT2D eigenvalue weighted by atomic mass is 19.1. The van der Waals surface area contributed by atoms with E-state index in [2.05, 4.69) is 14.5 Å². The molecule has 2 saturated heterocycles. The number of halogens is 1. The minimum Gasteiger partial charge on any atom is -0.493 e. The van der Waals surface area contributed by atoms with Gasteiger partial charge in [-0.1, -0.05) is 6.07 Å². The largest absolute Gasteiger partial charge is 0.493 e. The fourth-order valence-corrected chi connectivity index (χ4v) is 4.33. The number of nitrogens with zero attached hydrogens (tertiary/aromatic N) is 4. The predicted molar refractivity (Wildman–Crippen MR) is 106 cm³/mol. The van der Waals surface area contributed by atoms with Gasteiger partial charge < -0.3 is 18.9 Å². The van der Waals surface area contributed by atoms with Gasteiger partial charge in [0.2, 0.25) is 5.91 Å². The van der Waals surface area contributed by atoms with Gasteiger partial charge in [0.15, 0.2) is 11.6 Å². The van der Waals surface area contributed by atoms with Crippen LogP contribution < -0.4 is 4.74 Å². The lowest BCUT2D eigenvalue weighted by molar-refractivity contribution is -0.134. The summed E-state index contributed by atoms with van der Waals surface area (Å²) in [4.78, 5) is 20.5. The van der Waals surface area contributed by atoms with Gasteiger partial charge in [-0.25, -0.2) is 9.37 Å². The molecule has 0 spiro atoms. The molecule has 29 heavy (non-hydrogen) atoms. The molecule has 2 fully saturated rings. The van der Waals surface area contributed by atoms with E-state index < -0.39 is 5.82 Å². The number of ether oxygens (including phenoxy) is 2. The Hall–Kier alpha value is -2.45. The van der Waals surface area contributed by atoms with Crippen LogP contribution in [0.1, 0.15) is 18.9 Å². The highest BCUT2D eigenvalue weighted by Gasteiger charge is 2.39. The summed E-state index contributed by atoms with van der Waals surface area (Å²) in [5, 5.41) is 0. The molecular formula is C21H27FN4O3. The van der Waals surface area contributed by atoms with Crippen molar-refractivity contribution in [3.8, 4) is 17.1 Å². The minimum absolute atomic E-state index is 0.0783. The first kappa shape index (κ1) is 19.8. The van der Waals surface area contributed by atoms with Crippen LogP contribution in [0, 0.1) is 5.82 Å². The molecule has 4 rings (SSSR count). The number of carbonyl (C=O) groups excluding carboxylic acids is 1. The van der Waals surface area contributed by atoms with E-state index in [4.69, 9.17) is 9.47 Å². The number of para-hydroxylation sites is 1. The monoisotopic (exact) mass is 402 g/mol. The molecule has 8 heteroatoms. The van der Waals surface area contributed by atoms with Gasteiger partial charge in [-0.15, -0.1) is 0 Å². The van der Waals surface area contributed by atoms with Crippen molar-refractivity contribution in [2.45, 2.75) is 31.0 Å². The van der Waals surface area contributed by atoms with Crippen LogP contribution in [0.25, 0.3) is 11.4 Å². The molecule has 0 radical (unpaired) electrons. The number of fused-ring (bicyclic) bond motifs is 1. The van der Waals surface area contributed by atoms with Gasteiger partial charge in [0.25, 0.3) is 0 Å². The van der Waals surface area contributed by atoms with Gasteiger partial charge in [0.1, 0.15) is 5.82 Å². The molecule has 0 aliphatic carbocycles. The Morgan fingerprint density at radius 3 is 2.93 bits per heavy atom. The molecular weight excluding hydrogens is 375 g/mol. The molecule has 0 unspecified atom stereocenters. The minimum atomic E-state index is -0.398. The van der Waals surface area contributed by atoms with Crippen LogP contribution in [-0.2, 0) is 9.53 Å². The lowest BCUT2D eigenvalue weighted by Crippen LogP contribution is -2.47. The maximum absolute atomic E-state index is 14.2. The fourth-order valence-electron chi connectivity index (χ4n) is 4.33. The van der Waals surface area contributed by atoms with Crippen molar-refractivity contribution in [2.75, 3.05) is 40.9 Å². The first-order chi connectivity index (χ1) is 14.0. The zero-order valence-electron chi connectivity index (χ0n) is 17.0. The molecule has 0 saturated carbocycles. The predicted octanol–water partition coefficient (Wildman–Crippen LogP) is 2.19. The van der Waals surface area contributed by atoms with Gasteiger partial charge in [-0.3, -0.25) is 9.69 Å². The summed E-state index contributed by atoms with van der Waals surface area (Å²) in [6, 6.07) is 5.41. The number of benzene rings is 1. The number of imidazole rings is 1. The summed E-state index contributed by atoms with van der Waals surface area (Å²) in [5.41, 5.74) is 0.646. The molecule has 3 heterocycles. The smallest absolute Gasteiger partial charge is 0.224 e. The van der Waals surface area contributed by atoms with Gasteiger partial charge in [0.05, 0.1) is 31.8 Å². The third-order valence-electron chi connectivity index (χ3n) is 5.84. The lowest BCUT2D eigenvalue weighted by atomic mass is 10.1. The van der Waals surface area contributed by atoms with E-state index in [0.29, 0.717) is 30.5 Å². The van der Waals surface area contributed by atoms with Crippen LogP contribution in [0.4, 0.5) is 4.39 Å². The molecule has 2 aliphatic heterocycles. The first-order valence-corrected chi connectivity index (χ1v) is 9.89. The maximum atomic E-state index is 14.2. The Bertz CT molecular complexity index is 885. The van der Waals surface area contributed by atoms with E-state index in [1.54, 1.807) is 31.3 Å². The Labute approximate surface area is 170 Å². The Morgan fingerprint density at radius 1 is 1.34 bits per heavy atom. The molecule has 156 valence electrons. The molecule has 0 bridgehead atoms. The van der Waals surface area contributed by atoms with Crippen molar-refractivity contribution >= 4 is 5.91 Å². The van der Waals surface area contributed by atoms with Crippen LogP contribution in [0.2, 0.25) is 0 Å². The normalized spacial score (nSPS) is 24.3. The molecule has 1 aromatic carbocycles. The summed E-state index contributed by atoms with van der Waals surface area (Å²) in [7, 11) is 5.00. The topological polar surface area (TPSA) is 59.8 Å². The average Bonchev–Trinajstić information content (AvgIpc) is 3.33. The summed E-state index contributed by atoms with van der Waals surface area (Å²) in [6.07, 6.45) is 4.93. The summed E-state index contributed by atoms with van der Waals surface area (Å²) in [5.74, 6) is 0.595. The van der Waals surface area contributed by atoms with E-state index in [-0.39, 0.29) is 23.8 Å². The van der Waals surface area contributed by atoms with Gasteiger partial charge in [-0.05, 0) is 18.6 Å².